The van der Waals surface area contributed by atoms with Crippen molar-refractivity contribution in [3.8, 4) is 0 Å². The molecule has 0 aliphatic rings. The van der Waals surface area contributed by atoms with E-state index in [4.69, 9.17) is 0 Å². The Kier molecular flexibility index (Phi) is 4.88. The number of aryl methyl sites for hydroxylation is 1. The molecule has 0 atom stereocenters. The molecule has 0 aliphatic heterocycles. The van der Waals surface area contributed by atoms with Crippen molar-refractivity contribution in [2.45, 2.75) is 20.4 Å². The smallest absolute Gasteiger partial charge is 0.288 e. The summed E-state index contributed by atoms with van der Waals surface area (Å²) < 4.78 is 1.01. The van der Waals surface area contributed by atoms with Crippen LogP contribution in [0.15, 0.2) is 41.3 Å². The molecule has 0 radical (unpaired) electrons. The van der Waals surface area contributed by atoms with Crippen LogP contribution in [0, 0.1) is 17.0 Å². The quantitative estimate of drug-likeness (QED) is 0.511. The van der Waals surface area contributed by atoms with Crippen LogP contribution in [0.1, 0.15) is 22.8 Å². The molecule has 0 spiro atoms. The largest absolute Gasteiger partial charge is 0.326 e. The van der Waals surface area contributed by atoms with Gasteiger partial charge < -0.3 is 9.88 Å². The molecule has 1 heterocycles. The van der Waals surface area contributed by atoms with Crippen molar-refractivity contribution in [2.24, 2.45) is 0 Å². The lowest BCUT2D eigenvalue weighted by molar-refractivity contribution is -0.385. The van der Waals surface area contributed by atoms with Gasteiger partial charge in [-0.2, -0.15) is 0 Å². The van der Waals surface area contributed by atoms with E-state index in [0.29, 0.717) is 11.3 Å². The van der Waals surface area contributed by atoms with E-state index in [1.165, 1.54) is 26.0 Å². The minimum Gasteiger partial charge on any atom is -0.326 e. The summed E-state index contributed by atoms with van der Waals surface area (Å²) >= 11 is 0. The molecule has 8 nitrogen and oxygen atoms in total. The van der Waals surface area contributed by atoms with Gasteiger partial charge in [-0.3, -0.25) is 24.5 Å². The van der Waals surface area contributed by atoms with Gasteiger partial charge in [0, 0.05) is 29.8 Å². The number of nitro groups is 1. The van der Waals surface area contributed by atoms with Crippen LogP contribution >= 0.6 is 0 Å². The van der Waals surface area contributed by atoms with Crippen molar-refractivity contribution in [1.82, 2.24) is 4.57 Å². The van der Waals surface area contributed by atoms with Crippen LogP contribution in [0.4, 0.5) is 11.4 Å². The monoisotopic (exact) mass is 329 g/mol. The second-order valence-corrected chi connectivity index (χ2v) is 5.25. The van der Waals surface area contributed by atoms with Gasteiger partial charge >= 0.3 is 0 Å². The summed E-state index contributed by atoms with van der Waals surface area (Å²) in [5.41, 5.74) is 0.416. The number of pyridine rings is 1. The zero-order chi connectivity index (χ0) is 17.9. The van der Waals surface area contributed by atoms with Gasteiger partial charge in [-0.15, -0.1) is 0 Å². The Morgan fingerprint density at radius 3 is 2.42 bits per heavy atom. The zero-order valence-corrected chi connectivity index (χ0v) is 13.1. The highest BCUT2D eigenvalue weighted by Gasteiger charge is 2.15. The van der Waals surface area contributed by atoms with E-state index < -0.39 is 10.5 Å². The molecule has 2 rings (SSSR count). The molecule has 124 valence electrons. The lowest BCUT2D eigenvalue weighted by Gasteiger charge is -2.07. The van der Waals surface area contributed by atoms with Gasteiger partial charge in [-0.25, -0.2) is 0 Å². The molecule has 0 saturated heterocycles. The van der Waals surface area contributed by atoms with Gasteiger partial charge in [0.1, 0.15) is 0 Å². The maximum Gasteiger partial charge on any atom is 0.288 e. The molecule has 0 bridgehead atoms. The summed E-state index contributed by atoms with van der Waals surface area (Å²) in [7, 11) is 0. The molecule has 1 aromatic heterocycles. The van der Waals surface area contributed by atoms with E-state index in [9.17, 15) is 24.5 Å². The average Bonchev–Trinajstić information content (AvgIpc) is 2.49. The van der Waals surface area contributed by atoms with Gasteiger partial charge in [-0.05, 0) is 31.2 Å². The molecule has 0 fully saturated rings. The Morgan fingerprint density at radius 2 is 1.88 bits per heavy atom. The summed E-state index contributed by atoms with van der Waals surface area (Å²) in [4.78, 5) is 45.4. The van der Waals surface area contributed by atoms with Crippen molar-refractivity contribution in [3.05, 3.63) is 68.1 Å². The summed E-state index contributed by atoms with van der Waals surface area (Å²) in [5.74, 6) is -0.600. The molecule has 1 aromatic carbocycles. The molecule has 1 amide bonds. The number of hydrogen-bond donors (Lipinski definition) is 1. The zero-order valence-electron chi connectivity index (χ0n) is 13.1. The number of carbonyl (C=O) groups is 2. The van der Waals surface area contributed by atoms with Crippen molar-refractivity contribution < 1.29 is 14.5 Å². The Labute approximate surface area is 136 Å². The van der Waals surface area contributed by atoms with Crippen LogP contribution in [0.25, 0.3) is 0 Å². The summed E-state index contributed by atoms with van der Waals surface area (Å²) in [6.45, 7) is 2.53. The second kappa shape index (κ2) is 6.86. The van der Waals surface area contributed by atoms with Gasteiger partial charge in [0.15, 0.2) is 5.78 Å². The lowest BCUT2D eigenvalue weighted by atomic mass is 10.1. The fourth-order valence-electron chi connectivity index (χ4n) is 2.16. The van der Waals surface area contributed by atoms with Crippen LogP contribution in [-0.2, 0) is 11.3 Å². The van der Waals surface area contributed by atoms with Crippen LogP contribution in [0.2, 0.25) is 0 Å². The molecular weight excluding hydrogens is 314 g/mol. The highest BCUT2D eigenvalue weighted by molar-refractivity contribution is 5.97. The molecule has 24 heavy (non-hydrogen) atoms. The summed E-state index contributed by atoms with van der Waals surface area (Å²) in [5, 5.41) is 13.5. The number of hydrogen-bond acceptors (Lipinski definition) is 5. The standard InChI is InChI=1S/C16H15N3O5/c1-10-7-16(22)18(8-14(10)19(23)24)9-15(21)12-3-5-13(6-4-12)17-11(2)20/h3-8H,9H2,1-2H3,(H,17,20). The van der Waals surface area contributed by atoms with Crippen molar-refractivity contribution in [1.29, 1.82) is 0 Å². The summed E-state index contributed by atoms with van der Waals surface area (Å²) in [6.07, 6.45) is 1.07. The Morgan fingerprint density at radius 1 is 1.25 bits per heavy atom. The van der Waals surface area contributed by atoms with Crippen molar-refractivity contribution >= 4 is 23.1 Å². The number of nitrogens with one attached hydrogen (secondary N) is 1. The Hall–Kier alpha value is -3.29. The molecule has 8 heteroatoms. The van der Waals surface area contributed by atoms with Crippen LogP contribution < -0.4 is 10.9 Å². The van der Waals surface area contributed by atoms with Crippen molar-refractivity contribution in [2.75, 3.05) is 5.32 Å². The second-order valence-electron chi connectivity index (χ2n) is 5.25. The Balaban J connectivity index is 2.23. The molecular formula is C16H15N3O5. The number of carbonyl (C=O) groups excluding carboxylic acids is 2. The number of ketones is 1. The normalized spacial score (nSPS) is 10.2. The average molecular weight is 329 g/mol. The molecule has 0 aliphatic carbocycles. The fourth-order valence-corrected chi connectivity index (χ4v) is 2.16. The Bertz CT molecular complexity index is 868. The third-order valence-electron chi connectivity index (χ3n) is 3.34. The first kappa shape index (κ1) is 17.1. The fraction of sp³-hybridized carbons (Fsp3) is 0.188. The molecule has 2 aromatic rings. The highest BCUT2D eigenvalue weighted by atomic mass is 16.6. The van der Waals surface area contributed by atoms with E-state index >= 15 is 0 Å². The van der Waals surface area contributed by atoms with E-state index in [2.05, 4.69) is 5.32 Å². The maximum atomic E-state index is 12.2. The van der Waals surface area contributed by atoms with E-state index in [0.717, 1.165) is 16.8 Å². The van der Waals surface area contributed by atoms with Crippen LogP contribution in [-0.4, -0.2) is 21.2 Å². The van der Waals surface area contributed by atoms with E-state index in [-0.39, 0.29) is 29.5 Å². The number of Topliss-reactive ketones (excluding diaryl/α,β-unsaturated/α-hetero) is 1. The molecule has 0 saturated carbocycles. The lowest BCUT2D eigenvalue weighted by Crippen LogP contribution is -2.24. The van der Waals surface area contributed by atoms with Gasteiger partial charge in [-0.1, -0.05) is 0 Å². The maximum absolute atomic E-state index is 12.2. The predicted octanol–water partition coefficient (Wildman–Crippen LogP) is 1.91. The van der Waals surface area contributed by atoms with Crippen LogP contribution in [0.5, 0.6) is 0 Å². The van der Waals surface area contributed by atoms with Crippen LogP contribution in [0.3, 0.4) is 0 Å². The number of nitrogens with zero attached hydrogens (tertiary/aromatic N) is 2. The number of benzene rings is 1. The van der Waals surface area contributed by atoms with Crippen molar-refractivity contribution in [3.63, 3.8) is 0 Å². The summed E-state index contributed by atoms with van der Waals surface area (Å²) in [6, 6.07) is 7.29. The van der Waals surface area contributed by atoms with Gasteiger partial charge in [0.05, 0.1) is 17.7 Å². The first-order valence-corrected chi connectivity index (χ1v) is 7.04. The topological polar surface area (TPSA) is 111 Å². The number of rotatable bonds is 5. The molecule has 0 unspecified atom stereocenters. The van der Waals surface area contributed by atoms with Gasteiger partial charge in [0.25, 0.3) is 11.2 Å². The number of anilines is 1. The number of amides is 1. The predicted molar refractivity (Wildman–Crippen MR) is 87.2 cm³/mol. The minimum atomic E-state index is -0.599. The SMILES string of the molecule is CC(=O)Nc1ccc(C(=O)Cn2cc([N+](=O)[O-])c(C)cc2=O)cc1. The highest BCUT2D eigenvalue weighted by Crippen LogP contribution is 2.15. The first-order valence-electron chi connectivity index (χ1n) is 7.04. The molecule has 1 N–H and O–H groups in total. The number of aromatic nitrogens is 1. The third kappa shape index (κ3) is 3.92. The first-order chi connectivity index (χ1) is 11.3. The van der Waals surface area contributed by atoms with E-state index in [1.54, 1.807) is 12.1 Å². The third-order valence-corrected chi connectivity index (χ3v) is 3.34. The van der Waals surface area contributed by atoms with E-state index in [1.807, 2.05) is 0 Å². The minimum absolute atomic E-state index is 0.219. The van der Waals surface area contributed by atoms with Gasteiger partial charge in [0.2, 0.25) is 5.91 Å².